The predicted molar refractivity (Wildman–Crippen MR) is 156 cm³/mol. The van der Waals surface area contributed by atoms with Crippen molar-refractivity contribution in [3.63, 3.8) is 0 Å². The number of aromatic nitrogens is 6. The van der Waals surface area contributed by atoms with Gasteiger partial charge in [0, 0.05) is 29.7 Å². The minimum absolute atomic E-state index is 0.279. The Balaban J connectivity index is 1.48. The van der Waals surface area contributed by atoms with Crippen molar-refractivity contribution in [2.75, 3.05) is 0 Å². The Bertz CT molecular complexity index is 2070. The predicted octanol–water partition coefficient (Wildman–Crippen LogP) is 4.33. The van der Waals surface area contributed by atoms with Crippen LogP contribution < -0.4 is 10.9 Å². The largest absolute Gasteiger partial charge is 0.342 e. The van der Waals surface area contributed by atoms with E-state index in [1.165, 1.54) is 4.57 Å². The topological polar surface area (TPSA) is 107 Å². The number of amides is 1. The Kier molecular flexibility index (Phi) is 6.57. The van der Waals surface area contributed by atoms with E-state index >= 15 is 0 Å². The van der Waals surface area contributed by atoms with E-state index in [9.17, 15) is 9.59 Å². The van der Waals surface area contributed by atoms with Crippen molar-refractivity contribution in [1.29, 1.82) is 0 Å². The molecule has 2 aromatic carbocycles. The molecule has 1 atom stereocenters. The summed E-state index contributed by atoms with van der Waals surface area (Å²) < 4.78 is 3.10. The smallest absolute Gasteiger partial charge is 0.267 e. The first kappa shape index (κ1) is 25.6. The lowest BCUT2D eigenvalue weighted by Gasteiger charge is -2.20. The van der Waals surface area contributed by atoms with Gasteiger partial charge in [0.15, 0.2) is 5.65 Å². The molecule has 41 heavy (non-hydrogen) atoms. The van der Waals surface area contributed by atoms with Crippen LogP contribution in [-0.4, -0.2) is 35.0 Å². The fraction of sp³-hybridized carbons (Fsp3) is 0.125. The quantitative estimate of drug-likeness (QED) is 0.334. The molecule has 1 amide bonds. The molecule has 0 bridgehead atoms. The average Bonchev–Trinajstić information content (AvgIpc) is 3.32. The molecule has 0 aliphatic rings. The number of para-hydroxylation sites is 1. The van der Waals surface area contributed by atoms with Crippen LogP contribution >= 0.6 is 0 Å². The van der Waals surface area contributed by atoms with Gasteiger partial charge in [0.2, 0.25) is 0 Å². The van der Waals surface area contributed by atoms with Crippen molar-refractivity contribution < 1.29 is 4.79 Å². The molecule has 4 aromatic heterocycles. The third-order valence-electron chi connectivity index (χ3n) is 6.81. The summed E-state index contributed by atoms with van der Waals surface area (Å²) in [5.74, 6) is 6.33. The van der Waals surface area contributed by atoms with E-state index in [-0.39, 0.29) is 11.5 Å². The van der Waals surface area contributed by atoms with Gasteiger partial charge >= 0.3 is 0 Å². The van der Waals surface area contributed by atoms with Crippen LogP contribution in [0.5, 0.6) is 0 Å². The maximum absolute atomic E-state index is 14.2. The standard InChI is InChI=1S/C32H25N7O2/c1-20-23(11-8-17-33-20)15-16-24-10-7-14-26-28(24)32(41)39(25-12-5-4-6-13-25)29(36-26)22(3)35-31(40)27-21(2)37-38-19-9-18-34-30(27)38/h4-14,17-19,22H,1-3H3,(H,35,40)/t22-/m0/s1. The van der Waals surface area contributed by atoms with E-state index in [0.717, 1.165) is 11.3 Å². The Morgan fingerprint density at radius 2 is 1.63 bits per heavy atom. The van der Waals surface area contributed by atoms with Crippen molar-refractivity contribution in [2.45, 2.75) is 26.8 Å². The first-order valence-electron chi connectivity index (χ1n) is 13.1. The highest BCUT2D eigenvalue weighted by Crippen LogP contribution is 2.21. The summed E-state index contributed by atoms with van der Waals surface area (Å²) in [5, 5.41) is 7.80. The molecule has 6 aromatic rings. The van der Waals surface area contributed by atoms with Crippen molar-refractivity contribution in [3.05, 3.63) is 130 Å². The van der Waals surface area contributed by atoms with Crippen molar-refractivity contribution in [1.82, 2.24) is 34.4 Å². The van der Waals surface area contributed by atoms with Crippen LogP contribution in [0, 0.1) is 25.7 Å². The number of fused-ring (bicyclic) bond motifs is 2. The Labute approximate surface area is 235 Å². The Morgan fingerprint density at radius 1 is 0.878 bits per heavy atom. The molecular formula is C32H25N7O2. The molecule has 9 nitrogen and oxygen atoms in total. The molecule has 0 unspecified atom stereocenters. The zero-order valence-electron chi connectivity index (χ0n) is 22.7. The van der Waals surface area contributed by atoms with E-state index in [1.54, 1.807) is 49.1 Å². The number of benzene rings is 2. The van der Waals surface area contributed by atoms with Gasteiger partial charge in [0.25, 0.3) is 11.5 Å². The van der Waals surface area contributed by atoms with Gasteiger partial charge in [-0.3, -0.25) is 19.1 Å². The fourth-order valence-corrected chi connectivity index (χ4v) is 4.82. The lowest BCUT2D eigenvalue weighted by Crippen LogP contribution is -2.33. The lowest BCUT2D eigenvalue weighted by atomic mass is 10.1. The van der Waals surface area contributed by atoms with Crippen LogP contribution in [0.3, 0.4) is 0 Å². The zero-order valence-corrected chi connectivity index (χ0v) is 22.7. The normalized spacial score (nSPS) is 11.7. The van der Waals surface area contributed by atoms with Crippen molar-refractivity contribution >= 4 is 22.5 Å². The number of rotatable bonds is 4. The molecule has 1 N–H and O–H groups in total. The first-order valence-corrected chi connectivity index (χ1v) is 13.1. The number of aryl methyl sites for hydroxylation is 2. The summed E-state index contributed by atoms with van der Waals surface area (Å²) >= 11 is 0. The van der Waals surface area contributed by atoms with Crippen LogP contribution in [-0.2, 0) is 0 Å². The van der Waals surface area contributed by atoms with E-state index in [2.05, 4.69) is 32.2 Å². The molecular weight excluding hydrogens is 514 g/mol. The van der Waals surface area contributed by atoms with Gasteiger partial charge < -0.3 is 5.32 Å². The number of hydrogen-bond donors (Lipinski definition) is 1. The molecule has 9 heteroatoms. The highest BCUT2D eigenvalue weighted by Gasteiger charge is 2.24. The van der Waals surface area contributed by atoms with E-state index in [4.69, 9.17) is 4.98 Å². The first-order chi connectivity index (χ1) is 19.9. The molecule has 0 spiro atoms. The fourth-order valence-electron chi connectivity index (χ4n) is 4.82. The summed E-state index contributed by atoms with van der Waals surface area (Å²) in [6, 6.07) is 19.5. The van der Waals surface area contributed by atoms with E-state index < -0.39 is 6.04 Å². The number of pyridine rings is 1. The van der Waals surface area contributed by atoms with E-state index in [1.807, 2.05) is 61.5 Å². The van der Waals surface area contributed by atoms with Gasteiger partial charge in [-0.1, -0.05) is 36.1 Å². The number of nitrogens with zero attached hydrogens (tertiary/aromatic N) is 6. The van der Waals surface area contributed by atoms with Gasteiger partial charge in [-0.2, -0.15) is 5.10 Å². The molecule has 0 fully saturated rings. The summed E-state index contributed by atoms with van der Waals surface area (Å²) in [6.07, 6.45) is 5.07. The summed E-state index contributed by atoms with van der Waals surface area (Å²) in [4.78, 5) is 41.2. The van der Waals surface area contributed by atoms with Crippen LogP contribution in [0.2, 0.25) is 0 Å². The number of hydrogen-bond acceptors (Lipinski definition) is 6. The minimum Gasteiger partial charge on any atom is -0.342 e. The molecule has 200 valence electrons. The summed E-state index contributed by atoms with van der Waals surface area (Å²) in [6.45, 7) is 5.45. The zero-order chi connectivity index (χ0) is 28.5. The molecule has 0 aliphatic carbocycles. The number of carbonyl (C=O) groups is 1. The van der Waals surface area contributed by atoms with Gasteiger partial charge in [-0.05, 0) is 63.2 Å². The van der Waals surface area contributed by atoms with Gasteiger partial charge in [-0.25, -0.2) is 14.5 Å². The monoisotopic (exact) mass is 539 g/mol. The van der Waals surface area contributed by atoms with Crippen LogP contribution in [0.25, 0.3) is 22.2 Å². The Hall–Kier alpha value is -5.62. The third kappa shape index (κ3) is 4.72. The van der Waals surface area contributed by atoms with Crippen LogP contribution in [0.15, 0.2) is 90.1 Å². The number of carbonyl (C=O) groups excluding carboxylic acids is 1. The highest BCUT2D eigenvalue weighted by atomic mass is 16.2. The van der Waals surface area contributed by atoms with Gasteiger partial charge in [0.05, 0.1) is 34.0 Å². The molecule has 0 aliphatic heterocycles. The summed E-state index contributed by atoms with van der Waals surface area (Å²) in [7, 11) is 0. The van der Waals surface area contributed by atoms with Gasteiger partial charge in [0.1, 0.15) is 11.4 Å². The molecule has 6 rings (SSSR count). The molecule has 0 radical (unpaired) electrons. The van der Waals surface area contributed by atoms with Crippen molar-refractivity contribution in [3.8, 4) is 17.5 Å². The van der Waals surface area contributed by atoms with Crippen LogP contribution in [0.1, 0.15) is 51.7 Å². The second-order valence-corrected chi connectivity index (χ2v) is 9.58. The van der Waals surface area contributed by atoms with Crippen molar-refractivity contribution in [2.24, 2.45) is 0 Å². The van der Waals surface area contributed by atoms with E-state index in [0.29, 0.717) is 44.9 Å². The SMILES string of the molecule is Cc1ncccc1C#Cc1cccc2nc([C@H](C)NC(=O)c3c(C)nn4cccnc34)n(-c3ccccc3)c(=O)c12. The maximum Gasteiger partial charge on any atom is 0.267 e. The maximum atomic E-state index is 14.2. The third-order valence-corrected chi connectivity index (χ3v) is 6.81. The molecule has 0 saturated carbocycles. The minimum atomic E-state index is -0.634. The number of nitrogens with one attached hydrogen (secondary N) is 1. The second kappa shape index (κ2) is 10.5. The lowest BCUT2D eigenvalue weighted by molar-refractivity contribution is 0.0938. The van der Waals surface area contributed by atoms with Gasteiger partial charge in [-0.15, -0.1) is 0 Å². The summed E-state index contributed by atoms with van der Waals surface area (Å²) in [5.41, 5.74) is 4.36. The second-order valence-electron chi connectivity index (χ2n) is 9.58. The Morgan fingerprint density at radius 3 is 2.44 bits per heavy atom. The van der Waals surface area contributed by atoms with Crippen LogP contribution in [0.4, 0.5) is 0 Å². The highest BCUT2D eigenvalue weighted by molar-refractivity contribution is 6.01. The molecule has 0 saturated heterocycles. The average molecular weight is 540 g/mol. The molecule has 4 heterocycles.